The van der Waals surface area contributed by atoms with Crippen LogP contribution in [0.4, 0.5) is 13.2 Å². The van der Waals surface area contributed by atoms with Gasteiger partial charge in [-0.1, -0.05) is 30.3 Å². The van der Waals surface area contributed by atoms with E-state index in [1.54, 1.807) is 43.3 Å². The Labute approximate surface area is 164 Å². The zero-order valence-corrected chi connectivity index (χ0v) is 15.5. The summed E-state index contributed by atoms with van der Waals surface area (Å²) in [5.74, 6) is -0.0176. The van der Waals surface area contributed by atoms with Gasteiger partial charge in [-0.05, 0) is 29.5 Å². The molecule has 0 aliphatic rings. The number of amides is 1. The van der Waals surface area contributed by atoms with E-state index in [2.05, 4.69) is 15.5 Å². The second kappa shape index (κ2) is 8.72. The van der Waals surface area contributed by atoms with Gasteiger partial charge in [-0.25, -0.2) is 0 Å². The van der Waals surface area contributed by atoms with E-state index in [9.17, 15) is 18.0 Å². The predicted octanol–water partition coefficient (Wildman–Crippen LogP) is 3.73. The van der Waals surface area contributed by atoms with Crippen molar-refractivity contribution in [2.45, 2.75) is 19.5 Å². The molecule has 1 aromatic carbocycles. The molecule has 2 heterocycles. The quantitative estimate of drug-likeness (QED) is 0.560. The highest BCUT2D eigenvalue weighted by Gasteiger charge is 2.30. The van der Waals surface area contributed by atoms with E-state index in [-0.39, 0.29) is 18.1 Å². The van der Waals surface area contributed by atoms with E-state index in [1.165, 1.54) is 17.0 Å². The lowest BCUT2D eigenvalue weighted by Gasteiger charge is -2.23. The van der Waals surface area contributed by atoms with Crippen LogP contribution in [0.1, 0.15) is 19.1 Å². The minimum atomic E-state index is -4.37. The third kappa shape index (κ3) is 5.09. The summed E-state index contributed by atoms with van der Waals surface area (Å²) in [6, 6.07) is 12.2. The molecular weight excluding hydrogens is 387 g/mol. The molecular formula is C19H18F3N5O2. The highest BCUT2D eigenvalue weighted by atomic mass is 19.4. The van der Waals surface area contributed by atoms with Crippen LogP contribution in [0.5, 0.6) is 0 Å². The average molecular weight is 405 g/mol. The molecule has 0 spiro atoms. The minimum absolute atomic E-state index is 0.0205. The van der Waals surface area contributed by atoms with Crippen molar-refractivity contribution >= 4 is 17.7 Å². The number of nitrogens with zero attached hydrogens (tertiary/aromatic N) is 5. The summed E-state index contributed by atoms with van der Waals surface area (Å²) in [5.41, 5.74) is 0.627. The van der Waals surface area contributed by atoms with Gasteiger partial charge in [0.05, 0.1) is 12.7 Å². The van der Waals surface area contributed by atoms with Crippen LogP contribution in [0.15, 0.2) is 53.1 Å². The van der Waals surface area contributed by atoms with Crippen LogP contribution in [0.3, 0.4) is 0 Å². The van der Waals surface area contributed by atoms with Crippen molar-refractivity contribution < 1.29 is 22.4 Å². The first kappa shape index (κ1) is 20.3. The molecule has 0 N–H and O–H groups in total. The lowest BCUT2D eigenvalue weighted by Crippen LogP contribution is -2.36. The van der Waals surface area contributed by atoms with E-state index >= 15 is 0 Å². The van der Waals surface area contributed by atoms with Crippen molar-refractivity contribution in [2.75, 3.05) is 13.1 Å². The van der Waals surface area contributed by atoms with Gasteiger partial charge in [0.15, 0.2) is 5.82 Å². The Balaban J connectivity index is 2.01. The fourth-order valence-corrected chi connectivity index (χ4v) is 2.67. The summed E-state index contributed by atoms with van der Waals surface area (Å²) in [6.45, 7) is 1.22. The third-order valence-electron chi connectivity index (χ3n) is 4.11. The van der Waals surface area contributed by atoms with Crippen molar-refractivity contribution in [3.05, 3.63) is 54.5 Å². The summed E-state index contributed by atoms with van der Waals surface area (Å²) in [6.07, 6.45) is -2.65. The first-order chi connectivity index (χ1) is 13.9. The number of halogens is 3. The molecule has 0 aliphatic carbocycles. The summed E-state index contributed by atoms with van der Waals surface area (Å²) >= 11 is 0. The van der Waals surface area contributed by atoms with E-state index in [0.29, 0.717) is 11.3 Å². The molecule has 0 fully saturated rings. The maximum absolute atomic E-state index is 13.1. The zero-order valence-electron chi connectivity index (χ0n) is 15.5. The third-order valence-corrected chi connectivity index (χ3v) is 4.11. The largest absolute Gasteiger partial charge is 0.465 e. The van der Waals surface area contributed by atoms with Crippen molar-refractivity contribution in [1.29, 1.82) is 0 Å². The first-order valence-corrected chi connectivity index (χ1v) is 8.84. The van der Waals surface area contributed by atoms with Crippen molar-refractivity contribution in [2.24, 2.45) is 0 Å². The van der Waals surface area contributed by atoms with Gasteiger partial charge >= 0.3 is 6.18 Å². The number of benzene rings is 1. The van der Waals surface area contributed by atoms with Gasteiger partial charge in [0.2, 0.25) is 0 Å². The molecule has 0 saturated heterocycles. The molecule has 7 nitrogen and oxygen atoms in total. The standard InChI is InChI=1S/C19H18F3N5O2/c1-2-26(11-10-19(20,21)22)18(28)16(13-15-9-6-12-29-15)27-17(23-24-25-27)14-7-4-3-5-8-14/h3-9,12-13H,2,10-11H2,1H3/b16-13-. The molecule has 29 heavy (non-hydrogen) atoms. The van der Waals surface area contributed by atoms with Crippen LogP contribution in [0.2, 0.25) is 0 Å². The highest BCUT2D eigenvalue weighted by Crippen LogP contribution is 2.24. The average Bonchev–Trinajstić information content (AvgIpc) is 3.38. The lowest BCUT2D eigenvalue weighted by atomic mass is 10.2. The molecule has 3 aromatic rings. The number of aromatic nitrogens is 4. The summed E-state index contributed by atoms with van der Waals surface area (Å²) in [7, 11) is 0. The van der Waals surface area contributed by atoms with Gasteiger partial charge in [0.1, 0.15) is 11.5 Å². The molecule has 0 radical (unpaired) electrons. The maximum atomic E-state index is 13.1. The minimum Gasteiger partial charge on any atom is -0.465 e. The summed E-state index contributed by atoms with van der Waals surface area (Å²) < 4.78 is 44.5. The van der Waals surface area contributed by atoms with Crippen molar-refractivity contribution in [3.63, 3.8) is 0 Å². The Morgan fingerprint density at radius 2 is 1.97 bits per heavy atom. The van der Waals surface area contributed by atoms with Gasteiger partial charge in [0.25, 0.3) is 5.91 Å². The fourth-order valence-electron chi connectivity index (χ4n) is 2.67. The normalized spacial score (nSPS) is 12.2. The number of likely N-dealkylation sites (N-methyl/N-ethyl adjacent to an activating group) is 1. The maximum Gasteiger partial charge on any atom is 0.390 e. The summed E-state index contributed by atoms with van der Waals surface area (Å²) in [5, 5.41) is 11.5. The van der Waals surface area contributed by atoms with E-state index in [1.807, 2.05) is 6.07 Å². The number of hydrogen-bond acceptors (Lipinski definition) is 5. The topological polar surface area (TPSA) is 77.0 Å². The number of carbonyl (C=O) groups excluding carboxylic acids is 1. The van der Waals surface area contributed by atoms with Gasteiger partial charge in [-0.3, -0.25) is 4.79 Å². The van der Waals surface area contributed by atoms with Crippen molar-refractivity contribution in [3.8, 4) is 11.4 Å². The van der Waals surface area contributed by atoms with Gasteiger partial charge in [-0.2, -0.15) is 17.9 Å². The molecule has 0 atom stereocenters. The number of tetrazole rings is 1. The lowest BCUT2D eigenvalue weighted by molar-refractivity contribution is -0.142. The Morgan fingerprint density at radius 1 is 1.21 bits per heavy atom. The zero-order chi connectivity index (χ0) is 20.9. The highest BCUT2D eigenvalue weighted by molar-refractivity contribution is 6.18. The van der Waals surface area contributed by atoms with Crippen LogP contribution in [0, 0.1) is 0 Å². The van der Waals surface area contributed by atoms with Gasteiger partial charge in [-0.15, -0.1) is 5.10 Å². The van der Waals surface area contributed by atoms with Crippen LogP contribution in [0.25, 0.3) is 23.2 Å². The molecule has 152 valence electrons. The molecule has 1 amide bonds. The number of carbonyl (C=O) groups is 1. The molecule has 0 aliphatic heterocycles. The van der Waals surface area contributed by atoms with E-state index in [0.717, 1.165) is 4.90 Å². The van der Waals surface area contributed by atoms with Gasteiger partial charge in [0, 0.05) is 24.7 Å². The first-order valence-electron chi connectivity index (χ1n) is 8.84. The molecule has 10 heteroatoms. The van der Waals surface area contributed by atoms with Gasteiger partial charge < -0.3 is 9.32 Å². The van der Waals surface area contributed by atoms with Crippen molar-refractivity contribution in [1.82, 2.24) is 25.1 Å². The summed E-state index contributed by atoms with van der Waals surface area (Å²) in [4.78, 5) is 14.2. The smallest absolute Gasteiger partial charge is 0.390 e. The number of hydrogen-bond donors (Lipinski definition) is 0. The number of furan rings is 1. The fraction of sp³-hybridized carbons (Fsp3) is 0.263. The monoisotopic (exact) mass is 405 g/mol. The molecule has 0 saturated carbocycles. The van der Waals surface area contributed by atoms with Crippen LogP contribution < -0.4 is 0 Å². The Morgan fingerprint density at radius 3 is 2.59 bits per heavy atom. The Kier molecular flexibility index (Phi) is 6.10. The SMILES string of the molecule is CCN(CCC(F)(F)F)C(=O)/C(=C/c1ccco1)n1nnnc1-c1ccccc1. The van der Waals surface area contributed by atoms with Crippen LogP contribution in [-0.4, -0.2) is 50.3 Å². The second-order valence-corrected chi connectivity index (χ2v) is 6.08. The van der Waals surface area contributed by atoms with E-state index in [4.69, 9.17) is 4.42 Å². The molecule has 3 rings (SSSR count). The Hall–Kier alpha value is -3.43. The second-order valence-electron chi connectivity index (χ2n) is 6.08. The van der Waals surface area contributed by atoms with Crippen LogP contribution >= 0.6 is 0 Å². The van der Waals surface area contributed by atoms with Crippen LogP contribution in [-0.2, 0) is 4.79 Å². The molecule has 0 bridgehead atoms. The number of rotatable bonds is 7. The predicted molar refractivity (Wildman–Crippen MR) is 99.1 cm³/mol. The Bertz CT molecular complexity index is 965. The molecule has 0 unspecified atom stereocenters. The van der Waals surface area contributed by atoms with E-state index < -0.39 is 25.0 Å². The molecule has 2 aromatic heterocycles. The number of alkyl halides is 3.